The first-order chi connectivity index (χ1) is 14.6. The van der Waals surface area contributed by atoms with Crippen LogP contribution in [0.2, 0.25) is 0 Å². The van der Waals surface area contributed by atoms with Gasteiger partial charge in [-0.25, -0.2) is 14.4 Å². The topological polar surface area (TPSA) is 78.9 Å². The molecule has 1 atom stereocenters. The predicted octanol–water partition coefficient (Wildman–Crippen LogP) is 5.00. The SMILES string of the molecule is CC(NC(=S)Nc1ccc(NC(=O)c2cscn2)nc1)c1ccc(C(F)(F)F)cc1F. The zero-order valence-electron chi connectivity index (χ0n) is 15.8. The number of thiocarbonyl (C=S) groups is 1. The van der Waals surface area contributed by atoms with Gasteiger partial charge in [-0.05, 0) is 43.4 Å². The fraction of sp³-hybridized carbons (Fsp3) is 0.158. The van der Waals surface area contributed by atoms with Crippen LogP contribution in [0.3, 0.4) is 0 Å². The number of pyridine rings is 1. The van der Waals surface area contributed by atoms with Crippen LogP contribution in [-0.4, -0.2) is 21.0 Å². The highest BCUT2D eigenvalue weighted by atomic mass is 32.1. The molecule has 162 valence electrons. The van der Waals surface area contributed by atoms with E-state index in [1.807, 2.05) is 0 Å². The zero-order valence-corrected chi connectivity index (χ0v) is 17.5. The van der Waals surface area contributed by atoms with Crippen LogP contribution in [0.15, 0.2) is 47.4 Å². The van der Waals surface area contributed by atoms with E-state index in [-0.39, 0.29) is 22.3 Å². The first-order valence-corrected chi connectivity index (χ1v) is 10.1. The number of nitrogens with one attached hydrogen (secondary N) is 3. The summed E-state index contributed by atoms with van der Waals surface area (Å²) in [6.07, 6.45) is -3.19. The van der Waals surface area contributed by atoms with Crippen LogP contribution in [-0.2, 0) is 6.18 Å². The van der Waals surface area contributed by atoms with Crippen LogP contribution >= 0.6 is 23.6 Å². The van der Waals surface area contributed by atoms with Gasteiger partial charge in [0.2, 0.25) is 0 Å². The van der Waals surface area contributed by atoms with E-state index in [0.29, 0.717) is 17.6 Å². The molecule has 0 aliphatic heterocycles. The molecular formula is C19H15F4N5OS2. The Labute approximate surface area is 183 Å². The lowest BCUT2D eigenvalue weighted by Crippen LogP contribution is -2.31. The third-order valence-corrected chi connectivity index (χ3v) is 4.88. The highest BCUT2D eigenvalue weighted by Gasteiger charge is 2.31. The lowest BCUT2D eigenvalue weighted by Gasteiger charge is -2.19. The van der Waals surface area contributed by atoms with Gasteiger partial charge in [0.15, 0.2) is 5.11 Å². The Morgan fingerprint density at radius 2 is 1.94 bits per heavy atom. The Balaban J connectivity index is 1.57. The summed E-state index contributed by atoms with van der Waals surface area (Å²) in [6.45, 7) is 1.56. The number of hydrogen-bond acceptors (Lipinski definition) is 5. The van der Waals surface area contributed by atoms with Crippen LogP contribution in [0.1, 0.15) is 34.6 Å². The van der Waals surface area contributed by atoms with Gasteiger partial charge in [-0.1, -0.05) is 6.07 Å². The number of carbonyl (C=O) groups excluding carboxylic acids is 1. The van der Waals surface area contributed by atoms with E-state index < -0.39 is 23.6 Å². The molecule has 3 rings (SSSR count). The Bertz CT molecular complexity index is 1070. The molecule has 2 heterocycles. The van der Waals surface area contributed by atoms with Gasteiger partial charge < -0.3 is 16.0 Å². The van der Waals surface area contributed by atoms with Gasteiger partial charge in [-0.2, -0.15) is 13.2 Å². The number of nitrogens with zero attached hydrogens (tertiary/aromatic N) is 2. The molecule has 0 radical (unpaired) electrons. The number of aromatic nitrogens is 2. The number of alkyl halides is 3. The second-order valence-corrected chi connectivity index (χ2v) is 7.44. The molecule has 0 spiro atoms. The van der Waals surface area contributed by atoms with E-state index in [2.05, 4.69) is 25.9 Å². The van der Waals surface area contributed by atoms with Crippen molar-refractivity contribution < 1.29 is 22.4 Å². The number of amides is 1. The van der Waals surface area contributed by atoms with E-state index in [1.54, 1.807) is 29.9 Å². The van der Waals surface area contributed by atoms with Crippen molar-refractivity contribution in [1.82, 2.24) is 15.3 Å². The summed E-state index contributed by atoms with van der Waals surface area (Å²) < 4.78 is 52.1. The van der Waals surface area contributed by atoms with Crippen molar-refractivity contribution >= 4 is 46.1 Å². The molecule has 3 N–H and O–H groups in total. The van der Waals surface area contributed by atoms with Crippen molar-refractivity contribution in [2.75, 3.05) is 10.6 Å². The van der Waals surface area contributed by atoms with Gasteiger partial charge in [0.05, 0.1) is 29.0 Å². The van der Waals surface area contributed by atoms with Gasteiger partial charge in [-0.3, -0.25) is 4.79 Å². The number of halogens is 4. The average molecular weight is 469 g/mol. The lowest BCUT2D eigenvalue weighted by molar-refractivity contribution is -0.137. The molecule has 0 bridgehead atoms. The molecule has 2 aromatic heterocycles. The highest BCUT2D eigenvalue weighted by Crippen LogP contribution is 2.31. The van der Waals surface area contributed by atoms with Gasteiger partial charge in [0, 0.05) is 10.9 Å². The summed E-state index contributed by atoms with van der Waals surface area (Å²) in [6, 6.07) is 4.81. The monoisotopic (exact) mass is 469 g/mol. The highest BCUT2D eigenvalue weighted by molar-refractivity contribution is 7.80. The number of carbonyl (C=O) groups is 1. The van der Waals surface area contributed by atoms with E-state index >= 15 is 0 Å². The smallest absolute Gasteiger partial charge is 0.356 e. The van der Waals surface area contributed by atoms with Crippen molar-refractivity contribution in [3.05, 3.63) is 70.1 Å². The molecular weight excluding hydrogens is 454 g/mol. The quantitative estimate of drug-likeness (QED) is 0.361. The second-order valence-electron chi connectivity index (χ2n) is 6.31. The first-order valence-electron chi connectivity index (χ1n) is 8.73. The summed E-state index contributed by atoms with van der Waals surface area (Å²) in [7, 11) is 0. The molecule has 0 saturated carbocycles. The van der Waals surface area contributed by atoms with Crippen LogP contribution in [0.5, 0.6) is 0 Å². The number of benzene rings is 1. The summed E-state index contributed by atoms with van der Waals surface area (Å²) in [4.78, 5) is 19.9. The van der Waals surface area contributed by atoms with Crippen LogP contribution in [0.4, 0.5) is 29.1 Å². The Morgan fingerprint density at radius 1 is 1.16 bits per heavy atom. The Hall–Kier alpha value is -3.12. The third kappa shape index (κ3) is 5.95. The zero-order chi connectivity index (χ0) is 22.6. The lowest BCUT2D eigenvalue weighted by atomic mass is 10.1. The fourth-order valence-electron chi connectivity index (χ4n) is 2.54. The molecule has 0 aliphatic rings. The first kappa shape index (κ1) is 22.6. The maximum Gasteiger partial charge on any atom is 0.416 e. The second kappa shape index (κ2) is 9.35. The Kier molecular flexibility index (Phi) is 6.81. The number of hydrogen-bond donors (Lipinski definition) is 3. The molecule has 0 aliphatic carbocycles. The fourth-order valence-corrected chi connectivity index (χ4v) is 3.37. The van der Waals surface area contributed by atoms with Crippen molar-refractivity contribution in [2.45, 2.75) is 19.1 Å². The minimum atomic E-state index is -4.62. The van der Waals surface area contributed by atoms with Crippen LogP contribution < -0.4 is 16.0 Å². The average Bonchev–Trinajstić information content (AvgIpc) is 3.23. The number of anilines is 2. The molecule has 1 unspecified atom stereocenters. The van der Waals surface area contributed by atoms with Crippen molar-refractivity contribution in [2.24, 2.45) is 0 Å². The maximum atomic E-state index is 14.1. The summed E-state index contributed by atoms with van der Waals surface area (Å²) in [5.74, 6) is -1.07. The van der Waals surface area contributed by atoms with Crippen LogP contribution in [0.25, 0.3) is 0 Å². The standard InChI is InChI=1S/C19H15F4N5OS2/c1-10(13-4-2-11(6-14(13)20)19(21,22)23)26-18(30)27-12-3-5-16(24-7-12)28-17(29)15-8-31-9-25-15/h2-10H,1H3,(H,24,28,29)(H2,26,27,30). The van der Waals surface area contributed by atoms with E-state index in [9.17, 15) is 22.4 Å². The molecule has 1 amide bonds. The van der Waals surface area contributed by atoms with Gasteiger partial charge in [0.25, 0.3) is 5.91 Å². The molecule has 12 heteroatoms. The van der Waals surface area contributed by atoms with E-state index in [4.69, 9.17) is 12.2 Å². The molecule has 0 saturated heterocycles. The largest absolute Gasteiger partial charge is 0.416 e. The summed E-state index contributed by atoms with van der Waals surface area (Å²) in [5, 5.41) is 9.96. The minimum Gasteiger partial charge on any atom is -0.356 e. The summed E-state index contributed by atoms with van der Waals surface area (Å²) in [5.41, 5.74) is 1.29. The van der Waals surface area contributed by atoms with E-state index in [0.717, 1.165) is 12.1 Å². The molecule has 6 nitrogen and oxygen atoms in total. The van der Waals surface area contributed by atoms with E-state index in [1.165, 1.54) is 17.5 Å². The molecule has 1 aromatic carbocycles. The van der Waals surface area contributed by atoms with Crippen LogP contribution in [0, 0.1) is 5.82 Å². The summed E-state index contributed by atoms with van der Waals surface area (Å²) >= 11 is 6.46. The van der Waals surface area contributed by atoms with Gasteiger partial charge in [0.1, 0.15) is 17.3 Å². The molecule has 0 fully saturated rings. The van der Waals surface area contributed by atoms with Gasteiger partial charge >= 0.3 is 6.18 Å². The number of thiazole rings is 1. The maximum absolute atomic E-state index is 14.1. The molecule has 3 aromatic rings. The number of rotatable bonds is 5. The van der Waals surface area contributed by atoms with Crippen molar-refractivity contribution in [1.29, 1.82) is 0 Å². The molecule has 31 heavy (non-hydrogen) atoms. The third-order valence-electron chi connectivity index (χ3n) is 4.07. The predicted molar refractivity (Wildman–Crippen MR) is 113 cm³/mol. The van der Waals surface area contributed by atoms with Crippen molar-refractivity contribution in [3.63, 3.8) is 0 Å². The minimum absolute atomic E-state index is 0.0374. The van der Waals surface area contributed by atoms with Gasteiger partial charge in [-0.15, -0.1) is 11.3 Å². The van der Waals surface area contributed by atoms with Crippen molar-refractivity contribution in [3.8, 4) is 0 Å². The Morgan fingerprint density at radius 3 is 2.52 bits per heavy atom. The normalized spacial score (nSPS) is 12.2.